The van der Waals surface area contributed by atoms with Crippen molar-refractivity contribution in [2.24, 2.45) is 0 Å². The van der Waals surface area contributed by atoms with Gasteiger partial charge in [0.05, 0.1) is 6.54 Å². The summed E-state index contributed by atoms with van der Waals surface area (Å²) in [6.07, 6.45) is 4.94. The van der Waals surface area contributed by atoms with Crippen LogP contribution in [0.15, 0.2) is 0 Å². The van der Waals surface area contributed by atoms with Gasteiger partial charge in [-0.2, -0.15) is 8.42 Å². The monoisotopic (exact) mass is 181 g/mol. The molecule has 0 saturated heterocycles. The molecule has 0 heterocycles. The molecule has 0 bridgehead atoms. The Bertz CT molecular complexity index is 205. The molecule has 0 saturated carbocycles. The van der Waals surface area contributed by atoms with Crippen LogP contribution in [-0.2, 0) is 10.4 Å². The Kier molecular flexibility index (Phi) is 7.24. The SMILES string of the molecule is C#CCN(C)C.O=S(=O)(O)O. The smallest absolute Gasteiger partial charge is 0.299 e. The summed E-state index contributed by atoms with van der Waals surface area (Å²) in [5.74, 6) is 2.49. The molecule has 0 aromatic rings. The maximum absolute atomic E-state index is 8.74. The van der Waals surface area contributed by atoms with Crippen molar-refractivity contribution < 1.29 is 17.5 Å². The molecular weight excluding hydrogens is 170 g/mol. The highest BCUT2D eigenvalue weighted by atomic mass is 32.3. The Balaban J connectivity index is 0. The van der Waals surface area contributed by atoms with Crippen molar-refractivity contribution in [3.05, 3.63) is 0 Å². The molecule has 0 aliphatic heterocycles. The van der Waals surface area contributed by atoms with Crippen molar-refractivity contribution in [2.45, 2.75) is 0 Å². The van der Waals surface area contributed by atoms with Crippen molar-refractivity contribution in [2.75, 3.05) is 20.6 Å². The summed E-state index contributed by atoms with van der Waals surface area (Å²) >= 11 is 0. The number of terminal acetylenes is 1. The molecule has 2 N–H and O–H groups in total. The van der Waals surface area contributed by atoms with Crippen LogP contribution >= 0.6 is 0 Å². The molecule has 0 atom stereocenters. The molecule has 0 rings (SSSR count). The van der Waals surface area contributed by atoms with Crippen LogP contribution in [0.2, 0.25) is 0 Å². The van der Waals surface area contributed by atoms with Gasteiger partial charge in [-0.25, -0.2) is 0 Å². The second-order valence-electron chi connectivity index (χ2n) is 1.89. The molecule has 5 nitrogen and oxygen atoms in total. The van der Waals surface area contributed by atoms with Crippen LogP contribution in [0.1, 0.15) is 0 Å². The van der Waals surface area contributed by atoms with Crippen LogP contribution in [0, 0.1) is 12.3 Å². The Morgan fingerprint density at radius 2 is 1.73 bits per heavy atom. The normalized spacial score (nSPS) is 9.82. The van der Waals surface area contributed by atoms with Gasteiger partial charge in [-0.05, 0) is 14.1 Å². The Labute approximate surface area is 66.6 Å². The largest absolute Gasteiger partial charge is 0.394 e. The van der Waals surface area contributed by atoms with E-state index in [1.54, 1.807) is 0 Å². The van der Waals surface area contributed by atoms with Gasteiger partial charge in [-0.3, -0.25) is 14.0 Å². The first-order valence-electron chi connectivity index (χ1n) is 2.55. The minimum Gasteiger partial charge on any atom is -0.299 e. The van der Waals surface area contributed by atoms with Crippen molar-refractivity contribution in [3.63, 3.8) is 0 Å². The van der Waals surface area contributed by atoms with Gasteiger partial charge in [0.1, 0.15) is 0 Å². The third kappa shape index (κ3) is 89.8. The molecule has 0 radical (unpaired) electrons. The fourth-order valence-electron chi connectivity index (χ4n) is 0.183. The average molecular weight is 181 g/mol. The number of hydrogen-bond donors (Lipinski definition) is 2. The predicted octanol–water partition coefficient (Wildman–Crippen LogP) is -0.472. The molecule has 0 spiro atoms. The maximum Gasteiger partial charge on any atom is 0.394 e. The number of hydrogen-bond acceptors (Lipinski definition) is 3. The van der Waals surface area contributed by atoms with Gasteiger partial charge in [0.15, 0.2) is 0 Å². The summed E-state index contributed by atoms with van der Waals surface area (Å²) < 4.78 is 31.6. The van der Waals surface area contributed by atoms with Crippen molar-refractivity contribution >= 4 is 10.4 Å². The molecule has 0 amide bonds. The van der Waals surface area contributed by atoms with E-state index in [4.69, 9.17) is 23.9 Å². The Morgan fingerprint density at radius 3 is 1.73 bits per heavy atom. The summed E-state index contributed by atoms with van der Waals surface area (Å²) in [4.78, 5) is 1.94. The molecule has 0 fully saturated rings. The summed E-state index contributed by atoms with van der Waals surface area (Å²) in [6.45, 7) is 0.736. The fraction of sp³-hybridized carbons (Fsp3) is 0.600. The Hall–Kier alpha value is -0.610. The molecule has 0 aromatic heterocycles. The summed E-state index contributed by atoms with van der Waals surface area (Å²) in [7, 11) is -0.778. The highest BCUT2D eigenvalue weighted by Crippen LogP contribution is 1.64. The highest BCUT2D eigenvalue weighted by molar-refractivity contribution is 7.79. The van der Waals surface area contributed by atoms with Gasteiger partial charge < -0.3 is 0 Å². The lowest BCUT2D eigenvalue weighted by Crippen LogP contribution is -2.10. The van der Waals surface area contributed by atoms with E-state index in [1.165, 1.54) is 0 Å². The molecule has 0 unspecified atom stereocenters. The van der Waals surface area contributed by atoms with Crippen molar-refractivity contribution in [1.82, 2.24) is 4.90 Å². The number of nitrogens with zero attached hydrogens (tertiary/aromatic N) is 1. The fourth-order valence-corrected chi connectivity index (χ4v) is 0.183. The standard InChI is InChI=1S/C5H9N.H2O4S/c1-4-5-6(2)3;1-5(2,3)4/h1H,5H2,2-3H3;(H2,1,2,3,4). The topological polar surface area (TPSA) is 77.8 Å². The minimum atomic E-state index is -4.67. The lowest BCUT2D eigenvalue weighted by molar-refractivity contribution is 0.381. The van der Waals surface area contributed by atoms with E-state index in [-0.39, 0.29) is 0 Å². The van der Waals surface area contributed by atoms with Gasteiger partial charge in [-0.15, -0.1) is 6.42 Å². The van der Waals surface area contributed by atoms with Crippen LogP contribution in [0.3, 0.4) is 0 Å². The van der Waals surface area contributed by atoms with Crippen LogP contribution in [0.25, 0.3) is 0 Å². The lowest BCUT2D eigenvalue weighted by Gasteiger charge is -1.99. The van der Waals surface area contributed by atoms with Crippen LogP contribution < -0.4 is 0 Å². The summed E-state index contributed by atoms with van der Waals surface area (Å²) in [5.41, 5.74) is 0. The second-order valence-corrected chi connectivity index (χ2v) is 2.79. The van der Waals surface area contributed by atoms with E-state index in [1.807, 2.05) is 19.0 Å². The number of rotatable bonds is 1. The van der Waals surface area contributed by atoms with Gasteiger partial charge in [0.2, 0.25) is 0 Å². The molecule has 0 aliphatic rings. The predicted molar refractivity (Wildman–Crippen MR) is 41.6 cm³/mol. The van der Waals surface area contributed by atoms with E-state index < -0.39 is 10.4 Å². The third-order valence-electron chi connectivity index (χ3n) is 0.408. The molecular formula is C5H11NO4S. The van der Waals surface area contributed by atoms with Crippen LogP contribution in [0.4, 0.5) is 0 Å². The van der Waals surface area contributed by atoms with Gasteiger partial charge in [0, 0.05) is 0 Å². The van der Waals surface area contributed by atoms with Crippen molar-refractivity contribution in [3.8, 4) is 12.3 Å². The van der Waals surface area contributed by atoms with E-state index in [2.05, 4.69) is 5.92 Å². The summed E-state index contributed by atoms with van der Waals surface area (Å²) in [6, 6.07) is 0. The van der Waals surface area contributed by atoms with Gasteiger partial charge in [0.25, 0.3) is 0 Å². The zero-order valence-electron chi connectivity index (χ0n) is 6.35. The second kappa shape index (κ2) is 6.12. The van der Waals surface area contributed by atoms with Crippen LogP contribution in [0.5, 0.6) is 0 Å². The summed E-state index contributed by atoms with van der Waals surface area (Å²) in [5, 5.41) is 0. The molecule has 66 valence electrons. The van der Waals surface area contributed by atoms with Crippen molar-refractivity contribution in [1.29, 1.82) is 0 Å². The average Bonchev–Trinajstić information content (AvgIpc) is 1.58. The molecule has 0 aromatic carbocycles. The molecule has 6 heteroatoms. The van der Waals surface area contributed by atoms with E-state index >= 15 is 0 Å². The van der Waals surface area contributed by atoms with E-state index in [9.17, 15) is 0 Å². The zero-order valence-corrected chi connectivity index (χ0v) is 7.17. The third-order valence-corrected chi connectivity index (χ3v) is 0.408. The lowest BCUT2D eigenvalue weighted by atomic mass is 10.6. The quantitative estimate of drug-likeness (QED) is 0.422. The highest BCUT2D eigenvalue weighted by Gasteiger charge is 1.84. The maximum atomic E-state index is 8.74. The molecule has 11 heavy (non-hydrogen) atoms. The first-order chi connectivity index (χ1) is 4.77. The first-order valence-corrected chi connectivity index (χ1v) is 3.95. The Morgan fingerprint density at radius 1 is 1.45 bits per heavy atom. The van der Waals surface area contributed by atoms with Gasteiger partial charge >= 0.3 is 10.4 Å². The van der Waals surface area contributed by atoms with E-state index in [0.29, 0.717) is 0 Å². The minimum absolute atomic E-state index is 0.736. The van der Waals surface area contributed by atoms with Crippen LogP contribution in [-0.4, -0.2) is 43.1 Å². The van der Waals surface area contributed by atoms with Gasteiger partial charge in [-0.1, -0.05) is 5.92 Å². The van der Waals surface area contributed by atoms with E-state index in [0.717, 1.165) is 6.54 Å². The molecule has 0 aliphatic carbocycles. The zero-order chi connectivity index (χ0) is 9.49. The first kappa shape index (κ1) is 13.0.